The summed E-state index contributed by atoms with van der Waals surface area (Å²) in [5.41, 5.74) is 2.28. The Hall–Kier alpha value is -1.78. The van der Waals surface area contributed by atoms with Gasteiger partial charge in [0.15, 0.2) is 5.96 Å². The molecule has 1 heterocycles. The molecule has 2 aromatic rings. The van der Waals surface area contributed by atoms with E-state index in [9.17, 15) is 0 Å². The largest absolute Gasteiger partial charge is 0.356 e. The molecule has 0 fully saturated rings. The lowest BCUT2D eigenvalue weighted by molar-refractivity contribution is 0.477. The molecule has 0 aliphatic carbocycles. The van der Waals surface area contributed by atoms with Crippen molar-refractivity contribution in [2.75, 3.05) is 20.6 Å². The van der Waals surface area contributed by atoms with Crippen molar-refractivity contribution in [1.29, 1.82) is 0 Å². The SMILES string of the molecule is CN=C(NCCc1cccnc1)N(C)Cc1ccc(Cl)c(Cl)c1. The van der Waals surface area contributed by atoms with Crippen LogP contribution in [0.2, 0.25) is 10.0 Å². The molecule has 0 amide bonds. The zero-order valence-corrected chi connectivity index (χ0v) is 14.8. The van der Waals surface area contributed by atoms with Gasteiger partial charge in [-0.3, -0.25) is 9.98 Å². The van der Waals surface area contributed by atoms with Crippen molar-refractivity contribution in [3.63, 3.8) is 0 Å². The fraction of sp³-hybridized carbons (Fsp3) is 0.294. The number of aromatic nitrogens is 1. The van der Waals surface area contributed by atoms with E-state index in [0.717, 1.165) is 24.5 Å². The van der Waals surface area contributed by atoms with Crippen LogP contribution in [0.25, 0.3) is 0 Å². The first-order valence-electron chi connectivity index (χ1n) is 7.34. The lowest BCUT2D eigenvalue weighted by Gasteiger charge is -2.22. The summed E-state index contributed by atoms with van der Waals surface area (Å²) in [4.78, 5) is 10.5. The Bertz CT molecular complexity index is 659. The molecule has 23 heavy (non-hydrogen) atoms. The highest BCUT2D eigenvalue weighted by Gasteiger charge is 2.07. The number of nitrogens with one attached hydrogen (secondary N) is 1. The van der Waals surface area contributed by atoms with Crippen LogP contribution in [-0.4, -0.2) is 36.5 Å². The molecule has 0 atom stereocenters. The van der Waals surface area contributed by atoms with Crippen molar-refractivity contribution in [1.82, 2.24) is 15.2 Å². The predicted octanol–water partition coefficient (Wildman–Crippen LogP) is 3.64. The van der Waals surface area contributed by atoms with E-state index in [1.165, 1.54) is 5.56 Å². The standard InChI is InChI=1S/C17H20Cl2N4/c1-20-17(22-9-7-13-4-3-8-21-11-13)23(2)12-14-5-6-15(18)16(19)10-14/h3-6,8,10-11H,7,9,12H2,1-2H3,(H,20,22). The van der Waals surface area contributed by atoms with Crippen molar-refractivity contribution < 1.29 is 0 Å². The minimum Gasteiger partial charge on any atom is -0.356 e. The Balaban J connectivity index is 1.88. The lowest BCUT2D eigenvalue weighted by Crippen LogP contribution is -2.39. The van der Waals surface area contributed by atoms with Gasteiger partial charge in [-0.1, -0.05) is 35.3 Å². The Morgan fingerprint density at radius 1 is 1.22 bits per heavy atom. The number of guanidine groups is 1. The molecule has 6 heteroatoms. The van der Waals surface area contributed by atoms with Crippen LogP contribution in [0.15, 0.2) is 47.7 Å². The molecule has 4 nitrogen and oxygen atoms in total. The third kappa shape index (κ3) is 5.41. The second-order valence-corrected chi connectivity index (χ2v) is 6.00. The van der Waals surface area contributed by atoms with E-state index >= 15 is 0 Å². The second-order valence-electron chi connectivity index (χ2n) is 5.19. The summed E-state index contributed by atoms with van der Waals surface area (Å²) < 4.78 is 0. The number of halogens is 2. The van der Waals surface area contributed by atoms with E-state index in [2.05, 4.69) is 21.4 Å². The molecule has 0 aliphatic rings. The number of hydrogen-bond acceptors (Lipinski definition) is 2. The van der Waals surface area contributed by atoms with Gasteiger partial charge in [0.1, 0.15) is 0 Å². The summed E-state index contributed by atoms with van der Waals surface area (Å²) in [6.07, 6.45) is 4.55. The third-order valence-corrected chi connectivity index (χ3v) is 4.14. The Morgan fingerprint density at radius 3 is 2.70 bits per heavy atom. The van der Waals surface area contributed by atoms with Gasteiger partial charge in [0.2, 0.25) is 0 Å². The van der Waals surface area contributed by atoms with Crippen LogP contribution in [0.4, 0.5) is 0 Å². The van der Waals surface area contributed by atoms with Gasteiger partial charge in [-0.15, -0.1) is 0 Å². The summed E-state index contributed by atoms with van der Waals surface area (Å²) in [6.45, 7) is 1.49. The fourth-order valence-electron chi connectivity index (χ4n) is 2.24. The van der Waals surface area contributed by atoms with Crippen LogP contribution in [0, 0.1) is 0 Å². The van der Waals surface area contributed by atoms with Gasteiger partial charge in [-0.05, 0) is 35.7 Å². The van der Waals surface area contributed by atoms with Gasteiger partial charge in [0.25, 0.3) is 0 Å². The van der Waals surface area contributed by atoms with Gasteiger partial charge >= 0.3 is 0 Å². The number of hydrogen-bond donors (Lipinski definition) is 1. The van der Waals surface area contributed by atoms with Gasteiger partial charge in [-0.25, -0.2) is 0 Å². The van der Waals surface area contributed by atoms with Gasteiger partial charge in [0.05, 0.1) is 10.0 Å². The molecule has 1 N–H and O–H groups in total. The normalized spacial score (nSPS) is 11.4. The summed E-state index contributed by atoms with van der Waals surface area (Å²) >= 11 is 12.0. The minimum atomic E-state index is 0.567. The highest BCUT2D eigenvalue weighted by molar-refractivity contribution is 6.42. The first kappa shape index (κ1) is 17.6. The highest BCUT2D eigenvalue weighted by Crippen LogP contribution is 2.23. The van der Waals surface area contributed by atoms with Crippen LogP contribution in [0.1, 0.15) is 11.1 Å². The van der Waals surface area contributed by atoms with Gasteiger partial charge in [-0.2, -0.15) is 0 Å². The quantitative estimate of drug-likeness (QED) is 0.661. The summed E-state index contributed by atoms with van der Waals surface area (Å²) in [5, 5.41) is 4.49. The molecule has 0 radical (unpaired) electrons. The minimum absolute atomic E-state index is 0.567. The van der Waals surface area contributed by atoms with Crippen LogP contribution >= 0.6 is 23.2 Å². The number of aliphatic imine (C=N–C) groups is 1. The molecular formula is C17H20Cl2N4. The third-order valence-electron chi connectivity index (χ3n) is 3.40. The molecule has 0 spiro atoms. The Morgan fingerprint density at radius 2 is 2.04 bits per heavy atom. The molecule has 122 valence electrons. The van der Waals surface area contributed by atoms with E-state index in [0.29, 0.717) is 16.6 Å². The van der Waals surface area contributed by atoms with E-state index in [1.807, 2.05) is 42.4 Å². The zero-order chi connectivity index (χ0) is 16.7. The molecule has 0 unspecified atom stereocenters. The smallest absolute Gasteiger partial charge is 0.193 e. The summed E-state index contributed by atoms with van der Waals surface area (Å²) in [7, 11) is 3.76. The van der Waals surface area contributed by atoms with Crippen LogP contribution in [0.5, 0.6) is 0 Å². The highest BCUT2D eigenvalue weighted by atomic mass is 35.5. The second kappa shape index (κ2) is 8.75. The Labute approximate surface area is 147 Å². The first-order chi connectivity index (χ1) is 11.1. The van der Waals surface area contributed by atoms with E-state index in [1.54, 1.807) is 13.2 Å². The van der Waals surface area contributed by atoms with Crippen LogP contribution in [-0.2, 0) is 13.0 Å². The van der Waals surface area contributed by atoms with E-state index < -0.39 is 0 Å². The van der Waals surface area contributed by atoms with Crippen LogP contribution < -0.4 is 5.32 Å². The van der Waals surface area contributed by atoms with E-state index in [-0.39, 0.29) is 0 Å². The van der Waals surface area contributed by atoms with Crippen molar-refractivity contribution in [3.8, 4) is 0 Å². The predicted molar refractivity (Wildman–Crippen MR) is 97.2 cm³/mol. The average molecular weight is 351 g/mol. The Kier molecular flexibility index (Phi) is 6.68. The van der Waals surface area contributed by atoms with Gasteiger partial charge < -0.3 is 10.2 Å². The molecule has 0 aliphatic heterocycles. The zero-order valence-electron chi connectivity index (χ0n) is 13.3. The monoisotopic (exact) mass is 350 g/mol. The summed E-state index contributed by atoms with van der Waals surface area (Å²) in [6, 6.07) is 9.67. The molecule has 1 aromatic heterocycles. The molecule has 0 saturated heterocycles. The fourth-order valence-corrected chi connectivity index (χ4v) is 2.56. The molecular weight excluding hydrogens is 331 g/mol. The molecule has 1 aromatic carbocycles. The van der Waals surface area contributed by atoms with Crippen molar-refractivity contribution >= 4 is 29.2 Å². The first-order valence-corrected chi connectivity index (χ1v) is 8.10. The van der Waals surface area contributed by atoms with Crippen molar-refractivity contribution in [2.24, 2.45) is 4.99 Å². The van der Waals surface area contributed by atoms with Crippen LogP contribution in [0.3, 0.4) is 0 Å². The van der Waals surface area contributed by atoms with Crippen molar-refractivity contribution in [3.05, 3.63) is 63.9 Å². The molecule has 0 bridgehead atoms. The van der Waals surface area contributed by atoms with E-state index in [4.69, 9.17) is 23.2 Å². The lowest BCUT2D eigenvalue weighted by atomic mass is 10.2. The maximum atomic E-state index is 6.06. The maximum absolute atomic E-state index is 6.06. The number of pyridine rings is 1. The number of rotatable bonds is 5. The maximum Gasteiger partial charge on any atom is 0.193 e. The summed E-state index contributed by atoms with van der Waals surface area (Å²) in [5.74, 6) is 0.833. The topological polar surface area (TPSA) is 40.5 Å². The van der Waals surface area contributed by atoms with Crippen molar-refractivity contribution in [2.45, 2.75) is 13.0 Å². The number of benzene rings is 1. The van der Waals surface area contributed by atoms with Gasteiger partial charge in [0, 0.05) is 39.6 Å². The molecule has 0 saturated carbocycles. The molecule has 2 rings (SSSR count). The average Bonchev–Trinajstić information content (AvgIpc) is 2.56. The number of nitrogens with zero attached hydrogens (tertiary/aromatic N) is 3.